The van der Waals surface area contributed by atoms with E-state index in [1.807, 2.05) is 12.1 Å². The lowest BCUT2D eigenvalue weighted by atomic mass is 9.99. The Labute approximate surface area is 100 Å². The molecule has 0 saturated carbocycles. The average Bonchev–Trinajstić information content (AvgIpc) is 2.17. The molecule has 1 aromatic rings. The number of hydrogen-bond donors (Lipinski definition) is 2. The monoisotopic (exact) mass is 249 g/mol. The van der Waals surface area contributed by atoms with Gasteiger partial charge in [-0.1, -0.05) is 0 Å². The Hall–Kier alpha value is -0.840. The highest BCUT2D eigenvalue weighted by molar-refractivity contribution is 5.85. The first kappa shape index (κ1) is 14.2. The standard InChI is InChI=1S/C9H11N3O.2ClH/c10-6-4-8-7(2-1-3-11-8)12-9(6)5-13;;/h1-3,5-6,9,12H,4,10H2;2*1H. The van der Waals surface area contributed by atoms with Crippen molar-refractivity contribution in [1.82, 2.24) is 4.98 Å². The summed E-state index contributed by atoms with van der Waals surface area (Å²) in [6, 6.07) is 3.30. The quantitative estimate of drug-likeness (QED) is 0.723. The molecule has 0 amide bonds. The molecule has 0 aromatic carbocycles. The van der Waals surface area contributed by atoms with E-state index < -0.39 is 0 Å². The second-order valence-corrected chi connectivity index (χ2v) is 3.17. The fourth-order valence-corrected chi connectivity index (χ4v) is 1.50. The molecule has 2 unspecified atom stereocenters. The van der Waals surface area contributed by atoms with Crippen LogP contribution in [-0.4, -0.2) is 23.4 Å². The van der Waals surface area contributed by atoms with Gasteiger partial charge in [0.15, 0.2) is 0 Å². The lowest BCUT2D eigenvalue weighted by Gasteiger charge is -2.27. The predicted molar refractivity (Wildman–Crippen MR) is 63.9 cm³/mol. The fraction of sp³-hybridized carbons (Fsp3) is 0.333. The second kappa shape index (κ2) is 5.90. The molecule has 0 saturated heterocycles. The normalized spacial score (nSPS) is 22.5. The molecule has 0 aliphatic carbocycles. The van der Waals surface area contributed by atoms with Crippen LogP contribution < -0.4 is 11.1 Å². The Bertz CT molecular complexity index is 335. The first-order valence-corrected chi connectivity index (χ1v) is 4.22. The molecular formula is C9H13Cl2N3O. The zero-order valence-electron chi connectivity index (χ0n) is 7.92. The van der Waals surface area contributed by atoms with Crippen LogP contribution in [0.25, 0.3) is 0 Å². The fourth-order valence-electron chi connectivity index (χ4n) is 1.50. The number of carbonyl (C=O) groups is 1. The van der Waals surface area contributed by atoms with Crippen molar-refractivity contribution in [3.8, 4) is 0 Å². The van der Waals surface area contributed by atoms with Gasteiger partial charge in [0.1, 0.15) is 6.29 Å². The number of fused-ring (bicyclic) bond motifs is 1. The first-order chi connectivity index (χ1) is 6.31. The van der Waals surface area contributed by atoms with Gasteiger partial charge in [-0.2, -0.15) is 0 Å². The molecule has 0 radical (unpaired) electrons. The Morgan fingerprint density at radius 1 is 1.53 bits per heavy atom. The Kier molecular flexibility index (Phi) is 5.57. The van der Waals surface area contributed by atoms with E-state index in [0.29, 0.717) is 6.42 Å². The van der Waals surface area contributed by atoms with Crippen LogP contribution in [0.1, 0.15) is 5.69 Å². The minimum absolute atomic E-state index is 0. The highest BCUT2D eigenvalue weighted by atomic mass is 35.5. The number of anilines is 1. The maximum atomic E-state index is 10.6. The number of nitrogens with zero attached hydrogens (tertiary/aromatic N) is 1. The average molecular weight is 250 g/mol. The largest absolute Gasteiger partial charge is 0.373 e. The Morgan fingerprint density at radius 3 is 2.93 bits per heavy atom. The van der Waals surface area contributed by atoms with Gasteiger partial charge in [-0.3, -0.25) is 4.98 Å². The van der Waals surface area contributed by atoms with Gasteiger partial charge in [0.05, 0.1) is 17.4 Å². The molecule has 0 spiro atoms. The molecule has 0 fully saturated rings. The molecule has 1 aliphatic heterocycles. The van der Waals surface area contributed by atoms with E-state index >= 15 is 0 Å². The van der Waals surface area contributed by atoms with Gasteiger partial charge in [-0.15, -0.1) is 24.8 Å². The summed E-state index contributed by atoms with van der Waals surface area (Å²) in [6.45, 7) is 0. The number of halogens is 2. The first-order valence-electron chi connectivity index (χ1n) is 4.22. The van der Waals surface area contributed by atoms with Gasteiger partial charge < -0.3 is 15.8 Å². The third-order valence-electron chi connectivity index (χ3n) is 2.25. The maximum absolute atomic E-state index is 10.6. The summed E-state index contributed by atoms with van der Waals surface area (Å²) in [5.41, 5.74) is 7.63. The van der Waals surface area contributed by atoms with E-state index in [-0.39, 0.29) is 36.9 Å². The number of aldehydes is 1. The van der Waals surface area contributed by atoms with E-state index in [1.165, 1.54) is 0 Å². The summed E-state index contributed by atoms with van der Waals surface area (Å²) >= 11 is 0. The molecule has 1 aliphatic rings. The van der Waals surface area contributed by atoms with Gasteiger partial charge in [-0.25, -0.2) is 0 Å². The zero-order valence-corrected chi connectivity index (χ0v) is 9.55. The lowest BCUT2D eigenvalue weighted by Crippen LogP contribution is -2.46. The minimum Gasteiger partial charge on any atom is -0.373 e. The Morgan fingerprint density at radius 2 is 2.27 bits per heavy atom. The molecule has 2 rings (SSSR count). The van der Waals surface area contributed by atoms with Crippen molar-refractivity contribution in [3.05, 3.63) is 24.0 Å². The summed E-state index contributed by atoms with van der Waals surface area (Å²) in [5.74, 6) is 0. The van der Waals surface area contributed by atoms with Gasteiger partial charge in [0.2, 0.25) is 0 Å². The molecular weight excluding hydrogens is 237 g/mol. The number of nitrogens with two attached hydrogens (primary N) is 1. The minimum atomic E-state index is -0.281. The number of nitrogens with one attached hydrogen (secondary N) is 1. The van der Waals surface area contributed by atoms with Crippen LogP contribution in [-0.2, 0) is 11.2 Å². The number of hydrogen-bond acceptors (Lipinski definition) is 4. The van der Waals surface area contributed by atoms with Crippen LogP contribution in [0.3, 0.4) is 0 Å². The second-order valence-electron chi connectivity index (χ2n) is 3.17. The lowest BCUT2D eigenvalue weighted by molar-refractivity contribution is -0.108. The van der Waals surface area contributed by atoms with Crippen molar-refractivity contribution < 1.29 is 4.79 Å². The molecule has 84 valence electrons. The molecule has 15 heavy (non-hydrogen) atoms. The van der Waals surface area contributed by atoms with Gasteiger partial charge in [0.25, 0.3) is 0 Å². The van der Waals surface area contributed by atoms with Gasteiger partial charge >= 0.3 is 0 Å². The predicted octanol–water partition coefficient (Wildman–Crippen LogP) is 0.788. The summed E-state index contributed by atoms with van der Waals surface area (Å²) in [5, 5.41) is 3.04. The molecule has 6 heteroatoms. The van der Waals surface area contributed by atoms with Crippen molar-refractivity contribution in [2.45, 2.75) is 18.5 Å². The smallest absolute Gasteiger partial charge is 0.143 e. The summed E-state index contributed by atoms with van der Waals surface area (Å²) in [6.07, 6.45) is 3.24. The SMILES string of the molecule is Cl.Cl.NC1Cc2ncccc2NC1C=O. The number of pyridine rings is 1. The number of rotatable bonds is 1. The summed E-state index contributed by atoms with van der Waals surface area (Å²) in [4.78, 5) is 14.8. The van der Waals surface area contributed by atoms with E-state index in [9.17, 15) is 4.79 Å². The maximum Gasteiger partial charge on any atom is 0.143 e. The third-order valence-corrected chi connectivity index (χ3v) is 2.25. The van der Waals surface area contributed by atoms with Crippen LogP contribution in [0.15, 0.2) is 18.3 Å². The molecule has 2 atom stereocenters. The number of carbonyl (C=O) groups excluding carboxylic acids is 1. The summed E-state index contributed by atoms with van der Waals surface area (Å²) in [7, 11) is 0. The summed E-state index contributed by atoms with van der Waals surface area (Å²) < 4.78 is 0. The van der Waals surface area contributed by atoms with Gasteiger partial charge in [0, 0.05) is 18.7 Å². The van der Waals surface area contributed by atoms with E-state index in [1.54, 1.807) is 6.20 Å². The van der Waals surface area contributed by atoms with Crippen molar-refractivity contribution in [2.75, 3.05) is 5.32 Å². The van der Waals surface area contributed by atoms with E-state index in [0.717, 1.165) is 17.7 Å². The molecule has 1 aromatic heterocycles. The molecule has 3 N–H and O–H groups in total. The van der Waals surface area contributed by atoms with Crippen molar-refractivity contribution in [2.24, 2.45) is 5.73 Å². The van der Waals surface area contributed by atoms with Crippen molar-refractivity contribution >= 4 is 36.8 Å². The third kappa shape index (κ3) is 2.81. The molecule has 4 nitrogen and oxygen atoms in total. The zero-order chi connectivity index (χ0) is 9.26. The topological polar surface area (TPSA) is 68.0 Å². The highest BCUT2D eigenvalue weighted by Gasteiger charge is 2.24. The molecule has 2 heterocycles. The number of aromatic nitrogens is 1. The van der Waals surface area contributed by atoms with Crippen LogP contribution in [0.5, 0.6) is 0 Å². The van der Waals surface area contributed by atoms with Crippen LogP contribution in [0, 0.1) is 0 Å². The van der Waals surface area contributed by atoms with E-state index in [2.05, 4.69) is 10.3 Å². The van der Waals surface area contributed by atoms with Crippen molar-refractivity contribution in [3.63, 3.8) is 0 Å². The van der Waals surface area contributed by atoms with Crippen LogP contribution in [0.4, 0.5) is 5.69 Å². The Balaban J connectivity index is 0.000000980. The van der Waals surface area contributed by atoms with E-state index in [4.69, 9.17) is 5.73 Å². The highest BCUT2D eigenvalue weighted by Crippen LogP contribution is 2.20. The van der Waals surface area contributed by atoms with Crippen LogP contribution in [0.2, 0.25) is 0 Å². The van der Waals surface area contributed by atoms with Crippen molar-refractivity contribution in [1.29, 1.82) is 0 Å². The molecule has 0 bridgehead atoms. The van der Waals surface area contributed by atoms with Crippen LogP contribution >= 0.6 is 24.8 Å². The van der Waals surface area contributed by atoms with Gasteiger partial charge in [-0.05, 0) is 12.1 Å².